The van der Waals surface area contributed by atoms with Crippen LogP contribution in [0.5, 0.6) is 0 Å². The molecule has 1 N–H and O–H groups in total. The molecule has 3 heterocycles. The molecule has 5 nitrogen and oxygen atoms in total. The minimum atomic E-state index is -0.0586. The average molecular weight is 323 g/mol. The molecule has 2 fully saturated rings. The molecule has 0 saturated carbocycles. The fourth-order valence-corrected chi connectivity index (χ4v) is 4.19. The number of aryl methyl sites for hydroxylation is 2. The van der Waals surface area contributed by atoms with E-state index in [0.717, 1.165) is 35.0 Å². The summed E-state index contributed by atoms with van der Waals surface area (Å²) in [7, 11) is 0. The van der Waals surface area contributed by atoms with E-state index in [0.29, 0.717) is 18.7 Å². The normalized spacial score (nSPS) is 23.2. The Bertz CT molecular complexity index is 846. The summed E-state index contributed by atoms with van der Waals surface area (Å²) in [5.74, 6) is 0.0359. The van der Waals surface area contributed by atoms with Gasteiger partial charge in [-0.1, -0.05) is 18.2 Å². The molecule has 2 aliphatic heterocycles. The minimum absolute atomic E-state index is 0.00875. The van der Waals surface area contributed by atoms with Crippen LogP contribution < -0.4 is 5.32 Å². The van der Waals surface area contributed by atoms with Crippen LogP contribution >= 0.6 is 0 Å². The first-order valence-corrected chi connectivity index (χ1v) is 8.52. The van der Waals surface area contributed by atoms with E-state index < -0.39 is 0 Å². The van der Waals surface area contributed by atoms with Gasteiger partial charge in [0, 0.05) is 18.5 Å². The minimum Gasteiger partial charge on any atom is -0.354 e. The quantitative estimate of drug-likeness (QED) is 0.875. The number of piperidine rings is 1. The van der Waals surface area contributed by atoms with Crippen molar-refractivity contribution in [3.63, 3.8) is 0 Å². The maximum atomic E-state index is 13.3. The first-order chi connectivity index (χ1) is 11.6. The summed E-state index contributed by atoms with van der Waals surface area (Å²) in [6, 6.07) is 7.88. The Morgan fingerprint density at radius 2 is 2.08 bits per heavy atom. The molecule has 0 unspecified atom stereocenters. The van der Waals surface area contributed by atoms with Crippen LogP contribution in [0.4, 0.5) is 0 Å². The zero-order chi connectivity index (χ0) is 16.8. The summed E-state index contributed by atoms with van der Waals surface area (Å²) in [6.07, 6.45) is 1.74. The second kappa shape index (κ2) is 5.58. The Kier molecular flexibility index (Phi) is 3.52. The van der Waals surface area contributed by atoms with Crippen molar-refractivity contribution in [2.75, 3.05) is 13.1 Å². The van der Waals surface area contributed by atoms with Gasteiger partial charge in [0.25, 0.3) is 5.91 Å². The van der Waals surface area contributed by atoms with Gasteiger partial charge < -0.3 is 10.2 Å². The molecule has 4 rings (SSSR count). The number of para-hydroxylation sites is 1. The average Bonchev–Trinajstić information content (AvgIpc) is 2.96. The van der Waals surface area contributed by atoms with E-state index >= 15 is 0 Å². The van der Waals surface area contributed by atoms with Crippen molar-refractivity contribution in [3.8, 4) is 0 Å². The largest absolute Gasteiger partial charge is 0.354 e. The van der Waals surface area contributed by atoms with Crippen LogP contribution in [0.1, 0.15) is 34.5 Å². The molecule has 0 radical (unpaired) electrons. The third kappa shape index (κ3) is 2.19. The predicted molar refractivity (Wildman–Crippen MR) is 91.8 cm³/mol. The molecule has 0 bridgehead atoms. The Morgan fingerprint density at radius 1 is 1.29 bits per heavy atom. The van der Waals surface area contributed by atoms with E-state index in [2.05, 4.69) is 10.3 Å². The number of carbonyl (C=O) groups excluding carboxylic acids is 2. The number of benzene rings is 1. The molecule has 124 valence electrons. The van der Waals surface area contributed by atoms with Crippen LogP contribution in [-0.4, -0.2) is 40.8 Å². The topological polar surface area (TPSA) is 62.3 Å². The number of amides is 2. The number of nitrogens with zero attached hydrogens (tertiary/aromatic N) is 2. The summed E-state index contributed by atoms with van der Waals surface area (Å²) in [4.78, 5) is 31.8. The van der Waals surface area contributed by atoms with Gasteiger partial charge >= 0.3 is 0 Å². The lowest BCUT2D eigenvalue weighted by Gasteiger charge is -2.36. The smallest absolute Gasteiger partial charge is 0.256 e. The fourth-order valence-electron chi connectivity index (χ4n) is 4.19. The Balaban J connectivity index is 1.77. The van der Waals surface area contributed by atoms with Gasteiger partial charge in [-0.2, -0.15) is 0 Å². The van der Waals surface area contributed by atoms with E-state index in [9.17, 15) is 9.59 Å². The lowest BCUT2D eigenvalue weighted by Crippen LogP contribution is -2.49. The number of rotatable bonds is 1. The van der Waals surface area contributed by atoms with E-state index in [1.807, 2.05) is 43.0 Å². The molecule has 2 aliphatic rings. The van der Waals surface area contributed by atoms with Crippen molar-refractivity contribution >= 4 is 22.7 Å². The summed E-state index contributed by atoms with van der Waals surface area (Å²) >= 11 is 0. The molecule has 2 atom stereocenters. The van der Waals surface area contributed by atoms with Crippen LogP contribution in [0.15, 0.2) is 24.3 Å². The molecule has 1 aromatic carbocycles. The van der Waals surface area contributed by atoms with Crippen molar-refractivity contribution in [3.05, 3.63) is 41.1 Å². The van der Waals surface area contributed by atoms with E-state index in [4.69, 9.17) is 0 Å². The Hall–Kier alpha value is -2.43. The highest BCUT2D eigenvalue weighted by molar-refractivity contribution is 6.02. The summed E-state index contributed by atoms with van der Waals surface area (Å²) < 4.78 is 0. The lowest BCUT2D eigenvalue weighted by atomic mass is 9.90. The number of aromatic nitrogens is 1. The number of hydrogen-bond acceptors (Lipinski definition) is 3. The highest BCUT2D eigenvalue weighted by Gasteiger charge is 2.43. The van der Waals surface area contributed by atoms with Gasteiger partial charge in [-0.3, -0.25) is 14.6 Å². The number of pyridine rings is 1. The number of likely N-dealkylation sites (tertiary alicyclic amines) is 1. The first-order valence-electron chi connectivity index (χ1n) is 8.52. The summed E-state index contributed by atoms with van der Waals surface area (Å²) in [6.45, 7) is 5.16. The molecule has 1 aromatic heterocycles. The van der Waals surface area contributed by atoms with Crippen molar-refractivity contribution < 1.29 is 9.59 Å². The van der Waals surface area contributed by atoms with Gasteiger partial charge in [0.1, 0.15) is 0 Å². The van der Waals surface area contributed by atoms with Crippen LogP contribution in [0.2, 0.25) is 0 Å². The number of fused-ring (bicyclic) bond motifs is 2. The van der Waals surface area contributed by atoms with E-state index in [1.54, 1.807) is 0 Å². The summed E-state index contributed by atoms with van der Waals surface area (Å²) in [5.41, 5.74) is 3.34. The molecule has 2 amide bonds. The molecular weight excluding hydrogens is 302 g/mol. The van der Waals surface area contributed by atoms with Crippen LogP contribution in [-0.2, 0) is 4.79 Å². The molecule has 0 spiro atoms. The van der Waals surface area contributed by atoms with Crippen molar-refractivity contribution in [1.29, 1.82) is 0 Å². The zero-order valence-corrected chi connectivity index (χ0v) is 14.0. The second-order valence-electron chi connectivity index (χ2n) is 6.77. The monoisotopic (exact) mass is 323 g/mol. The SMILES string of the molecule is Cc1nc2ccccc2c(C)c1C(=O)N1CCC[C@H]2C(=O)NC[C@H]21. The molecule has 2 saturated heterocycles. The Labute approximate surface area is 141 Å². The predicted octanol–water partition coefficient (Wildman–Crippen LogP) is 2.20. The number of carbonyl (C=O) groups is 2. The van der Waals surface area contributed by atoms with E-state index in [-0.39, 0.29) is 23.8 Å². The lowest BCUT2D eigenvalue weighted by molar-refractivity contribution is -0.123. The Morgan fingerprint density at radius 3 is 2.92 bits per heavy atom. The van der Waals surface area contributed by atoms with Gasteiger partial charge in [-0.25, -0.2) is 0 Å². The zero-order valence-electron chi connectivity index (χ0n) is 14.0. The third-order valence-corrected chi connectivity index (χ3v) is 5.41. The highest BCUT2D eigenvalue weighted by Crippen LogP contribution is 2.31. The maximum absolute atomic E-state index is 13.3. The van der Waals surface area contributed by atoms with Crippen molar-refractivity contribution in [2.45, 2.75) is 32.7 Å². The van der Waals surface area contributed by atoms with Crippen LogP contribution in [0, 0.1) is 19.8 Å². The standard InChI is InChI=1S/C19H21N3O2/c1-11-13-6-3-4-8-15(13)21-12(2)17(11)19(24)22-9-5-7-14-16(22)10-20-18(14)23/h3-4,6,8,14,16H,5,7,9-10H2,1-2H3,(H,20,23)/t14-,16-/m1/s1. The fraction of sp³-hybridized carbons (Fsp3) is 0.421. The summed E-state index contributed by atoms with van der Waals surface area (Å²) in [5, 5.41) is 3.92. The molecular formula is C19H21N3O2. The number of nitrogens with one attached hydrogen (secondary N) is 1. The van der Waals surface area contributed by atoms with Gasteiger partial charge in [-0.05, 0) is 38.3 Å². The van der Waals surface area contributed by atoms with Gasteiger partial charge in [0.05, 0.1) is 28.7 Å². The first kappa shape index (κ1) is 15.1. The van der Waals surface area contributed by atoms with E-state index in [1.165, 1.54) is 0 Å². The third-order valence-electron chi connectivity index (χ3n) is 5.41. The van der Waals surface area contributed by atoms with Crippen LogP contribution in [0.3, 0.4) is 0 Å². The van der Waals surface area contributed by atoms with Crippen LogP contribution in [0.25, 0.3) is 10.9 Å². The maximum Gasteiger partial charge on any atom is 0.256 e. The number of hydrogen-bond donors (Lipinski definition) is 1. The molecule has 0 aliphatic carbocycles. The van der Waals surface area contributed by atoms with Crippen molar-refractivity contribution in [1.82, 2.24) is 15.2 Å². The van der Waals surface area contributed by atoms with Gasteiger partial charge in [0.15, 0.2) is 0 Å². The van der Waals surface area contributed by atoms with Gasteiger partial charge in [-0.15, -0.1) is 0 Å². The second-order valence-corrected chi connectivity index (χ2v) is 6.77. The van der Waals surface area contributed by atoms with Gasteiger partial charge in [0.2, 0.25) is 5.91 Å². The molecule has 24 heavy (non-hydrogen) atoms. The van der Waals surface area contributed by atoms with Crippen molar-refractivity contribution in [2.24, 2.45) is 5.92 Å². The molecule has 2 aromatic rings. The molecule has 5 heteroatoms. The highest BCUT2D eigenvalue weighted by atomic mass is 16.2.